The Morgan fingerprint density at radius 3 is 2.36 bits per heavy atom. The van der Waals surface area contributed by atoms with Crippen molar-refractivity contribution in [1.29, 1.82) is 0 Å². The van der Waals surface area contributed by atoms with Crippen molar-refractivity contribution in [1.82, 2.24) is 9.78 Å². The Labute approximate surface area is 165 Å². The largest absolute Gasteiger partial charge is 0.320 e. The minimum atomic E-state index is -0.301. The van der Waals surface area contributed by atoms with Gasteiger partial charge in [0.15, 0.2) is 5.69 Å². The standard InChI is InChI=1S/C23H27N3O2/c1-5-16(4)17-10-8-9-13-20(17)24-22(27)21-18-11-6-7-12-19(18)23(28)26(25-21)14-15(2)3/h6-13,15-16H,5,14H2,1-4H3,(H,24,27). The lowest BCUT2D eigenvalue weighted by Crippen LogP contribution is -2.29. The molecule has 1 heterocycles. The Balaban J connectivity index is 2.08. The number of amides is 1. The molecule has 0 radical (unpaired) electrons. The molecule has 3 rings (SSSR count). The maximum Gasteiger partial charge on any atom is 0.276 e. The second-order valence-corrected chi connectivity index (χ2v) is 7.63. The highest BCUT2D eigenvalue weighted by atomic mass is 16.2. The van der Waals surface area contributed by atoms with Crippen molar-refractivity contribution in [2.24, 2.45) is 5.92 Å². The molecule has 0 aliphatic rings. The molecular formula is C23H27N3O2. The number of hydrogen-bond acceptors (Lipinski definition) is 3. The molecule has 0 aliphatic carbocycles. The number of benzene rings is 2. The molecule has 5 nitrogen and oxygen atoms in total. The normalized spacial score (nSPS) is 12.3. The number of carbonyl (C=O) groups is 1. The molecule has 1 aromatic heterocycles. The molecule has 2 aromatic carbocycles. The maximum absolute atomic E-state index is 13.2. The fraction of sp³-hybridized carbons (Fsp3) is 0.348. The molecule has 146 valence electrons. The van der Waals surface area contributed by atoms with E-state index in [9.17, 15) is 9.59 Å². The third-order valence-corrected chi connectivity index (χ3v) is 4.97. The van der Waals surface area contributed by atoms with Crippen molar-refractivity contribution in [3.8, 4) is 0 Å². The number of rotatable bonds is 6. The summed E-state index contributed by atoms with van der Waals surface area (Å²) in [6.07, 6.45) is 0.979. The Kier molecular flexibility index (Phi) is 5.93. The van der Waals surface area contributed by atoms with E-state index in [0.717, 1.165) is 17.7 Å². The topological polar surface area (TPSA) is 64.0 Å². The summed E-state index contributed by atoms with van der Waals surface area (Å²) < 4.78 is 1.41. The van der Waals surface area contributed by atoms with Crippen LogP contribution in [0.2, 0.25) is 0 Å². The van der Waals surface area contributed by atoms with Crippen LogP contribution < -0.4 is 10.9 Å². The summed E-state index contributed by atoms with van der Waals surface area (Å²) in [4.78, 5) is 25.9. The summed E-state index contributed by atoms with van der Waals surface area (Å²) in [6, 6.07) is 15.0. The zero-order chi connectivity index (χ0) is 20.3. The first-order valence-electron chi connectivity index (χ1n) is 9.82. The number of anilines is 1. The second-order valence-electron chi connectivity index (χ2n) is 7.63. The quantitative estimate of drug-likeness (QED) is 0.670. The Bertz CT molecular complexity index is 1050. The van der Waals surface area contributed by atoms with Gasteiger partial charge < -0.3 is 5.32 Å². The second kappa shape index (κ2) is 8.38. The first-order valence-corrected chi connectivity index (χ1v) is 9.82. The number of nitrogens with zero attached hydrogens (tertiary/aromatic N) is 2. The molecule has 1 atom stereocenters. The van der Waals surface area contributed by atoms with Crippen molar-refractivity contribution in [3.63, 3.8) is 0 Å². The van der Waals surface area contributed by atoms with Crippen LogP contribution in [0.25, 0.3) is 10.8 Å². The molecule has 1 unspecified atom stereocenters. The molecule has 5 heteroatoms. The highest BCUT2D eigenvalue weighted by molar-refractivity contribution is 6.11. The van der Waals surface area contributed by atoms with Crippen molar-refractivity contribution in [2.75, 3.05) is 5.32 Å². The van der Waals surface area contributed by atoms with Gasteiger partial charge in [-0.25, -0.2) is 4.68 Å². The van der Waals surface area contributed by atoms with E-state index in [-0.39, 0.29) is 23.1 Å². The lowest BCUT2D eigenvalue weighted by atomic mass is 9.97. The van der Waals surface area contributed by atoms with Gasteiger partial charge in [-0.3, -0.25) is 9.59 Å². The van der Waals surface area contributed by atoms with E-state index < -0.39 is 0 Å². The highest BCUT2D eigenvalue weighted by Gasteiger charge is 2.19. The van der Waals surface area contributed by atoms with E-state index >= 15 is 0 Å². The predicted octanol–water partition coefficient (Wildman–Crippen LogP) is 4.82. The number of hydrogen-bond donors (Lipinski definition) is 1. The first kappa shape index (κ1) is 19.8. The zero-order valence-corrected chi connectivity index (χ0v) is 16.9. The molecule has 3 aromatic rings. The molecule has 28 heavy (non-hydrogen) atoms. The van der Waals surface area contributed by atoms with Gasteiger partial charge in [0.1, 0.15) is 0 Å². The van der Waals surface area contributed by atoms with Crippen LogP contribution in [0.15, 0.2) is 53.3 Å². The van der Waals surface area contributed by atoms with Gasteiger partial charge in [-0.2, -0.15) is 5.10 Å². The average molecular weight is 377 g/mol. The molecule has 0 spiro atoms. The van der Waals surface area contributed by atoms with Crippen LogP contribution in [0.4, 0.5) is 5.69 Å². The van der Waals surface area contributed by atoms with Gasteiger partial charge in [0.25, 0.3) is 11.5 Å². The summed E-state index contributed by atoms with van der Waals surface area (Å²) in [5, 5.41) is 8.53. The molecule has 1 amide bonds. The van der Waals surface area contributed by atoms with E-state index in [4.69, 9.17) is 0 Å². The lowest BCUT2D eigenvalue weighted by molar-refractivity contribution is 0.102. The summed E-state index contributed by atoms with van der Waals surface area (Å²) in [7, 11) is 0. The van der Waals surface area contributed by atoms with Crippen molar-refractivity contribution in [3.05, 3.63) is 70.1 Å². The van der Waals surface area contributed by atoms with Crippen molar-refractivity contribution < 1.29 is 4.79 Å². The number of aromatic nitrogens is 2. The summed E-state index contributed by atoms with van der Waals surface area (Å²) >= 11 is 0. The fourth-order valence-corrected chi connectivity index (χ4v) is 3.31. The number of fused-ring (bicyclic) bond motifs is 1. The predicted molar refractivity (Wildman–Crippen MR) is 114 cm³/mol. The average Bonchev–Trinajstić information content (AvgIpc) is 2.69. The van der Waals surface area contributed by atoms with Gasteiger partial charge in [0.2, 0.25) is 0 Å². The molecule has 0 aliphatic heterocycles. The summed E-state index contributed by atoms with van der Waals surface area (Å²) in [6.45, 7) is 8.77. The van der Waals surface area contributed by atoms with E-state index in [2.05, 4.69) is 24.3 Å². The smallest absolute Gasteiger partial charge is 0.276 e. The van der Waals surface area contributed by atoms with Crippen LogP contribution in [0.1, 0.15) is 56.1 Å². The fourth-order valence-electron chi connectivity index (χ4n) is 3.31. The molecule has 1 N–H and O–H groups in total. The van der Waals surface area contributed by atoms with Crippen LogP contribution in [0, 0.1) is 5.92 Å². The Hall–Kier alpha value is -2.95. The Morgan fingerprint density at radius 1 is 1.04 bits per heavy atom. The minimum Gasteiger partial charge on any atom is -0.320 e. The zero-order valence-electron chi connectivity index (χ0n) is 16.9. The third kappa shape index (κ3) is 3.98. The van der Waals surface area contributed by atoms with Gasteiger partial charge in [-0.05, 0) is 36.0 Å². The van der Waals surface area contributed by atoms with Crippen LogP contribution in [0.3, 0.4) is 0 Å². The van der Waals surface area contributed by atoms with Gasteiger partial charge in [0, 0.05) is 17.6 Å². The van der Waals surface area contributed by atoms with Crippen molar-refractivity contribution >= 4 is 22.4 Å². The van der Waals surface area contributed by atoms with E-state index in [1.165, 1.54) is 4.68 Å². The number of carbonyl (C=O) groups excluding carboxylic acids is 1. The monoisotopic (exact) mass is 377 g/mol. The maximum atomic E-state index is 13.2. The van der Waals surface area contributed by atoms with Gasteiger partial charge in [-0.15, -0.1) is 0 Å². The van der Waals surface area contributed by atoms with Gasteiger partial charge in [0.05, 0.1) is 5.39 Å². The highest BCUT2D eigenvalue weighted by Crippen LogP contribution is 2.27. The van der Waals surface area contributed by atoms with Gasteiger partial charge >= 0.3 is 0 Å². The summed E-state index contributed by atoms with van der Waals surface area (Å²) in [5.41, 5.74) is 1.99. The van der Waals surface area contributed by atoms with Crippen LogP contribution in [-0.2, 0) is 6.54 Å². The molecule has 0 saturated carbocycles. The minimum absolute atomic E-state index is 0.166. The van der Waals surface area contributed by atoms with Crippen LogP contribution >= 0.6 is 0 Å². The third-order valence-electron chi connectivity index (χ3n) is 4.97. The van der Waals surface area contributed by atoms with E-state index in [1.807, 2.05) is 50.2 Å². The molecular weight excluding hydrogens is 350 g/mol. The van der Waals surface area contributed by atoms with Gasteiger partial charge in [-0.1, -0.05) is 64.1 Å². The van der Waals surface area contributed by atoms with Crippen molar-refractivity contribution in [2.45, 2.75) is 46.6 Å². The van der Waals surface area contributed by atoms with E-state index in [1.54, 1.807) is 12.1 Å². The number of para-hydroxylation sites is 1. The Morgan fingerprint density at radius 2 is 1.68 bits per heavy atom. The summed E-state index contributed by atoms with van der Waals surface area (Å²) in [5.74, 6) is 0.272. The van der Waals surface area contributed by atoms with Crippen LogP contribution in [0.5, 0.6) is 0 Å². The first-order chi connectivity index (χ1) is 13.4. The molecule has 0 saturated heterocycles. The molecule has 0 fully saturated rings. The van der Waals surface area contributed by atoms with Crippen LogP contribution in [-0.4, -0.2) is 15.7 Å². The molecule has 0 bridgehead atoms. The lowest BCUT2D eigenvalue weighted by Gasteiger charge is -2.16. The number of nitrogens with one attached hydrogen (secondary N) is 1. The van der Waals surface area contributed by atoms with E-state index in [0.29, 0.717) is 23.2 Å². The SMILES string of the molecule is CCC(C)c1ccccc1NC(=O)c1nn(CC(C)C)c(=O)c2ccccc12.